The maximum atomic E-state index is 15.1. The topological polar surface area (TPSA) is 61.8 Å². The number of hydrogen-bond acceptors (Lipinski definition) is 5. The first-order valence-electron chi connectivity index (χ1n) is 8.60. The van der Waals surface area contributed by atoms with Gasteiger partial charge in [0.1, 0.15) is 5.60 Å². The Bertz CT molecular complexity index is 801. The molecule has 0 saturated heterocycles. The van der Waals surface area contributed by atoms with Gasteiger partial charge >= 0.3 is 48.2 Å². The van der Waals surface area contributed by atoms with Crippen molar-refractivity contribution in [1.82, 2.24) is 0 Å². The van der Waals surface area contributed by atoms with Crippen LogP contribution < -0.4 is 0 Å². The molecule has 0 N–H and O–H groups in total. The smallest absolute Gasteiger partial charge is 0.434 e. The molecule has 0 bridgehead atoms. The van der Waals surface area contributed by atoms with Crippen LogP contribution in [0.5, 0.6) is 0 Å². The average Bonchev–Trinajstić information content (AvgIpc) is 2.54. The Labute approximate surface area is 186 Å². The number of carbonyl (C=O) groups is 2. The summed E-state index contributed by atoms with van der Waals surface area (Å²) in [4.78, 5) is 21.5. The number of methoxy groups -OCH3 is 1. The van der Waals surface area contributed by atoms with E-state index >= 15 is 4.39 Å². The van der Waals surface area contributed by atoms with E-state index in [0.29, 0.717) is 0 Å². The summed E-state index contributed by atoms with van der Waals surface area (Å²) in [6, 6.07) is -3.46. The van der Waals surface area contributed by atoms with E-state index in [1.807, 2.05) is 0 Å². The molecule has 0 aliphatic rings. The number of hydrogen-bond donors (Lipinski definition) is 0. The number of esters is 1. The van der Waals surface area contributed by atoms with Crippen molar-refractivity contribution in [2.24, 2.45) is 5.92 Å². The zero-order chi connectivity index (χ0) is 28.9. The van der Waals surface area contributed by atoms with Crippen LogP contribution in [0.2, 0.25) is 0 Å². The minimum absolute atomic E-state index is 0.0972. The van der Waals surface area contributed by atoms with Crippen LogP contribution in [0.4, 0.5) is 61.5 Å². The van der Waals surface area contributed by atoms with Crippen molar-refractivity contribution in [3.8, 4) is 0 Å². The van der Waals surface area contributed by atoms with E-state index in [4.69, 9.17) is 0 Å². The molecule has 0 spiro atoms. The summed E-state index contributed by atoms with van der Waals surface area (Å²) < 4.78 is 200. The molecule has 19 heteroatoms. The Balaban J connectivity index is 6.82. The van der Waals surface area contributed by atoms with Crippen LogP contribution in [-0.2, 0) is 23.8 Å². The normalized spacial score (nSPS) is 17.6. The van der Waals surface area contributed by atoms with Crippen molar-refractivity contribution in [3.05, 3.63) is 0 Å². The fourth-order valence-corrected chi connectivity index (χ4v) is 2.81. The third-order valence-electron chi connectivity index (χ3n) is 4.45. The predicted molar refractivity (Wildman–Crippen MR) is 82.7 cm³/mol. The number of alkyl halides is 13. The van der Waals surface area contributed by atoms with Gasteiger partial charge in [-0.2, -0.15) is 57.1 Å². The highest BCUT2D eigenvalue weighted by Gasteiger charge is 2.83. The fourth-order valence-electron chi connectivity index (χ4n) is 2.81. The maximum Gasteiger partial charge on any atom is 0.434 e. The molecule has 0 aliphatic carbocycles. The lowest BCUT2D eigenvalue weighted by molar-refractivity contribution is -0.467. The quantitative estimate of drug-likeness (QED) is 0.203. The molecule has 0 aromatic rings. The van der Waals surface area contributed by atoms with E-state index in [0.717, 1.165) is 0 Å². The Morgan fingerprint density at radius 1 is 0.686 bits per heavy atom. The van der Waals surface area contributed by atoms with Gasteiger partial charge in [0.05, 0.1) is 12.7 Å². The van der Waals surface area contributed by atoms with Crippen LogP contribution in [0.15, 0.2) is 0 Å². The van der Waals surface area contributed by atoms with E-state index in [1.54, 1.807) is 0 Å². The SMILES string of the molecule is COC(=O)C(F)(F)C(F)(F)OC(C)(C)C(F)(C(F)(F)F)C(F)(F)OC(C)(C)C(C(=O)F)C(F)(F)F. The first-order chi connectivity index (χ1) is 15.0. The molecule has 208 valence electrons. The summed E-state index contributed by atoms with van der Waals surface area (Å²) in [7, 11) is 0.0972. The standard InChI is InChI=1S/C16H16F14O5/c1-9(2,6(7(17)31)12(20,21)22)34-16(29,30)13(23,14(24,25)26)10(3,4)35-15(27,28)11(18,19)8(32)33-5/h6H,1-5H3. The van der Waals surface area contributed by atoms with Crippen molar-refractivity contribution < 1.29 is 85.3 Å². The highest BCUT2D eigenvalue weighted by atomic mass is 19.4. The monoisotopic (exact) mass is 554 g/mol. The number of carbonyl (C=O) groups excluding carboxylic acids is 2. The molecule has 0 aromatic carbocycles. The van der Waals surface area contributed by atoms with E-state index in [9.17, 15) is 66.7 Å². The van der Waals surface area contributed by atoms with Gasteiger partial charge in [-0.25, -0.2) is 9.18 Å². The number of halogens is 14. The van der Waals surface area contributed by atoms with Gasteiger partial charge in [0.2, 0.25) is 0 Å². The van der Waals surface area contributed by atoms with Gasteiger partial charge in [-0.05, 0) is 27.7 Å². The van der Waals surface area contributed by atoms with Crippen molar-refractivity contribution >= 4 is 12.0 Å². The fraction of sp³-hybridized carbons (Fsp3) is 0.875. The maximum absolute atomic E-state index is 15.1. The minimum atomic E-state index is -7.14. The van der Waals surface area contributed by atoms with Crippen LogP contribution in [-0.4, -0.2) is 66.5 Å². The van der Waals surface area contributed by atoms with Gasteiger partial charge < -0.3 is 14.2 Å². The zero-order valence-corrected chi connectivity index (χ0v) is 17.9. The average molecular weight is 554 g/mol. The van der Waals surface area contributed by atoms with Gasteiger partial charge in [-0.15, -0.1) is 0 Å². The Morgan fingerprint density at radius 3 is 1.37 bits per heavy atom. The molecule has 0 amide bonds. The van der Waals surface area contributed by atoms with Crippen LogP contribution in [0, 0.1) is 5.92 Å². The molecule has 5 nitrogen and oxygen atoms in total. The highest BCUT2D eigenvalue weighted by Crippen LogP contribution is 2.57. The molecule has 35 heavy (non-hydrogen) atoms. The van der Waals surface area contributed by atoms with E-state index in [1.165, 1.54) is 0 Å². The molecular formula is C16H16F14O5. The van der Waals surface area contributed by atoms with Crippen molar-refractivity contribution in [2.75, 3.05) is 7.11 Å². The third kappa shape index (κ3) is 5.91. The zero-order valence-electron chi connectivity index (χ0n) is 17.9. The van der Waals surface area contributed by atoms with Crippen LogP contribution in [0.3, 0.4) is 0 Å². The first kappa shape index (κ1) is 33.1. The third-order valence-corrected chi connectivity index (χ3v) is 4.45. The molecule has 0 aliphatic heterocycles. The summed E-state index contributed by atoms with van der Waals surface area (Å²) >= 11 is 0. The first-order valence-corrected chi connectivity index (χ1v) is 8.60. The second-order valence-corrected chi connectivity index (χ2v) is 7.85. The van der Waals surface area contributed by atoms with Crippen molar-refractivity contribution in [3.63, 3.8) is 0 Å². The van der Waals surface area contributed by atoms with Gasteiger partial charge in [0.15, 0.2) is 5.92 Å². The van der Waals surface area contributed by atoms with E-state index in [-0.39, 0.29) is 21.0 Å². The molecule has 0 saturated carbocycles. The molecule has 0 rings (SSSR count). The Hall–Kier alpha value is -1.92. The largest absolute Gasteiger partial charge is 0.464 e. The Morgan fingerprint density at radius 2 is 1.09 bits per heavy atom. The summed E-state index contributed by atoms with van der Waals surface area (Å²) in [6.07, 6.45) is -26.5. The van der Waals surface area contributed by atoms with Crippen LogP contribution in [0.1, 0.15) is 27.7 Å². The van der Waals surface area contributed by atoms with Gasteiger partial charge in [0, 0.05) is 0 Å². The van der Waals surface area contributed by atoms with Gasteiger partial charge in [-0.1, -0.05) is 0 Å². The molecule has 2 unspecified atom stereocenters. The van der Waals surface area contributed by atoms with Crippen LogP contribution in [0.25, 0.3) is 0 Å². The highest BCUT2D eigenvalue weighted by molar-refractivity contribution is 5.78. The Kier molecular flexibility index (Phi) is 8.68. The summed E-state index contributed by atoms with van der Waals surface area (Å²) in [5, 5.41) is 0. The minimum Gasteiger partial charge on any atom is -0.464 e. The molecule has 0 radical (unpaired) electrons. The van der Waals surface area contributed by atoms with E-state index in [2.05, 4.69) is 14.2 Å². The number of rotatable bonds is 10. The lowest BCUT2D eigenvalue weighted by Gasteiger charge is -2.47. The second-order valence-electron chi connectivity index (χ2n) is 7.85. The summed E-state index contributed by atoms with van der Waals surface area (Å²) in [5.41, 5.74) is -15.6. The van der Waals surface area contributed by atoms with Gasteiger partial charge in [-0.3, -0.25) is 4.79 Å². The molecule has 0 fully saturated rings. The lowest BCUT2D eigenvalue weighted by atomic mass is 9.83. The predicted octanol–water partition coefficient (Wildman–Crippen LogP) is 5.52. The molecule has 0 aromatic heterocycles. The summed E-state index contributed by atoms with van der Waals surface area (Å²) in [6.45, 7) is -1.65. The lowest BCUT2D eigenvalue weighted by Crippen LogP contribution is -2.72. The van der Waals surface area contributed by atoms with E-state index < -0.39 is 79.1 Å². The van der Waals surface area contributed by atoms with Crippen molar-refractivity contribution in [2.45, 2.75) is 75.1 Å². The van der Waals surface area contributed by atoms with Crippen molar-refractivity contribution in [1.29, 1.82) is 0 Å². The van der Waals surface area contributed by atoms with Crippen LogP contribution >= 0.6 is 0 Å². The second kappa shape index (κ2) is 9.19. The number of ether oxygens (including phenoxy) is 3. The molecule has 2 atom stereocenters. The van der Waals surface area contributed by atoms with Gasteiger partial charge in [0.25, 0.3) is 0 Å². The molecular weight excluding hydrogens is 538 g/mol. The summed E-state index contributed by atoms with van der Waals surface area (Å²) in [5.74, 6) is -13.6. The molecule has 0 heterocycles.